The maximum absolute atomic E-state index is 12.8. The van der Waals surface area contributed by atoms with Crippen LogP contribution < -0.4 is 14.4 Å². The minimum absolute atomic E-state index is 0.00229. The average molecular weight is 352 g/mol. The molecule has 0 radical (unpaired) electrons. The predicted octanol–water partition coefficient (Wildman–Crippen LogP) is 2.43. The predicted molar refractivity (Wildman–Crippen MR) is 95.9 cm³/mol. The van der Waals surface area contributed by atoms with Gasteiger partial charge in [0, 0.05) is 32.2 Å². The third-order valence-corrected chi connectivity index (χ3v) is 4.85. The molecule has 1 atom stereocenters. The Balaban J connectivity index is 1.43. The Labute approximate surface area is 151 Å². The van der Waals surface area contributed by atoms with Crippen molar-refractivity contribution in [2.45, 2.75) is 13.0 Å². The lowest BCUT2D eigenvalue weighted by atomic mass is 10.1. The number of amides is 2. The SMILES string of the molecule is CN(C(=O)C1CC(=O)N(Cc2ccc3c(c2)OCO3)C1)c1ccccc1. The van der Waals surface area contributed by atoms with E-state index < -0.39 is 0 Å². The van der Waals surface area contributed by atoms with Crippen LogP contribution in [0.4, 0.5) is 5.69 Å². The van der Waals surface area contributed by atoms with Crippen molar-refractivity contribution >= 4 is 17.5 Å². The van der Waals surface area contributed by atoms with Crippen LogP contribution in [0.3, 0.4) is 0 Å². The molecule has 1 unspecified atom stereocenters. The highest BCUT2D eigenvalue weighted by Gasteiger charge is 2.36. The van der Waals surface area contributed by atoms with E-state index in [9.17, 15) is 9.59 Å². The fraction of sp³-hybridized carbons (Fsp3) is 0.300. The molecule has 2 amide bonds. The van der Waals surface area contributed by atoms with Crippen LogP contribution in [0.15, 0.2) is 48.5 Å². The maximum atomic E-state index is 12.8. The van der Waals surface area contributed by atoms with E-state index in [1.165, 1.54) is 0 Å². The van der Waals surface area contributed by atoms with Gasteiger partial charge in [-0.15, -0.1) is 0 Å². The second kappa shape index (κ2) is 6.71. The van der Waals surface area contributed by atoms with Gasteiger partial charge in [-0.25, -0.2) is 0 Å². The monoisotopic (exact) mass is 352 g/mol. The zero-order valence-electron chi connectivity index (χ0n) is 14.6. The Bertz CT molecular complexity index is 837. The number of hydrogen-bond acceptors (Lipinski definition) is 4. The van der Waals surface area contributed by atoms with Gasteiger partial charge < -0.3 is 19.3 Å². The number of nitrogens with zero attached hydrogens (tertiary/aromatic N) is 2. The molecule has 6 heteroatoms. The molecule has 26 heavy (non-hydrogen) atoms. The van der Waals surface area contributed by atoms with Crippen molar-refractivity contribution in [3.8, 4) is 11.5 Å². The minimum atomic E-state index is -0.318. The van der Waals surface area contributed by atoms with Crippen LogP contribution in [0.25, 0.3) is 0 Å². The van der Waals surface area contributed by atoms with Gasteiger partial charge in [0.1, 0.15) is 0 Å². The summed E-state index contributed by atoms with van der Waals surface area (Å²) in [6.45, 7) is 1.13. The Hall–Kier alpha value is -3.02. The lowest BCUT2D eigenvalue weighted by molar-refractivity contribution is -0.128. The van der Waals surface area contributed by atoms with E-state index in [2.05, 4.69) is 0 Å². The Kier molecular flexibility index (Phi) is 4.24. The summed E-state index contributed by atoms with van der Waals surface area (Å²) in [5.74, 6) is 1.08. The topological polar surface area (TPSA) is 59.1 Å². The van der Waals surface area contributed by atoms with Crippen molar-refractivity contribution in [3.63, 3.8) is 0 Å². The largest absolute Gasteiger partial charge is 0.454 e. The molecule has 2 aliphatic rings. The summed E-state index contributed by atoms with van der Waals surface area (Å²) in [5, 5.41) is 0. The highest BCUT2D eigenvalue weighted by molar-refractivity contribution is 5.98. The van der Waals surface area contributed by atoms with E-state index in [1.54, 1.807) is 16.8 Å². The molecular formula is C20H20N2O4. The minimum Gasteiger partial charge on any atom is -0.454 e. The standard InChI is InChI=1S/C20H20N2O4/c1-21(16-5-3-2-4-6-16)20(24)15-10-19(23)22(12-15)11-14-7-8-17-18(9-14)26-13-25-17/h2-9,15H,10-13H2,1H3. The van der Waals surface area contributed by atoms with Gasteiger partial charge in [-0.3, -0.25) is 9.59 Å². The molecule has 2 heterocycles. The van der Waals surface area contributed by atoms with Crippen molar-refractivity contribution < 1.29 is 19.1 Å². The van der Waals surface area contributed by atoms with Gasteiger partial charge in [0.25, 0.3) is 0 Å². The summed E-state index contributed by atoms with van der Waals surface area (Å²) in [7, 11) is 1.75. The molecule has 0 N–H and O–H groups in total. The zero-order chi connectivity index (χ0) is 18.1. The molecule has 0 aliphatic carbocycles. The Morgan fingerprint density at radius 2 is 1.92 bits per heavy atom. The van der Waals surface area contributed by atoms with E-state index in [-0.39, 0.29) is 30.9 Å². The quantitative estimate of drug-likeness (QED) is 0.848. The van der Waals surface area contributed by atoms with Crippen LogP contribution >= 0.6 is 0 Å². The maximum Gasteiger partial charge on any atom is 0.232 e. The molecule has 2 aromatic rings. The third kappa shape index (κ3) is 3.10. The van der Waals surface area contributed by atoms with Crippen molar-refractivity contribution in [1.82, 2.24) is 4.90 Å². The molecule has 0 aromatic heterocycles. The summed E-state index contributed by atoms with van der Waals surface area (Å²) < 4.78 is 10.7. The number of ether oxygens (including phenoxy) is 2. The fourth-order valence-corrected chi connectivity index (χ4v) is 3.40. The van der Waals surface area contributed by atoms with Crippen LogP contribution in [-0.2, 0) is 16.1 Å². The molecule has 134 valence electrons. The molecule has 2 aliphatic heterocycles. The van der Waals surface area contributed by atoms with E-state index in [1.807, 2.05) is 48.5 Å². The number of carbonyl (C=O) groups excluding carboxylic acids is 2. The number of rotatable bonds is 4. The van der Waals surface area contributed by atoms with Crippen molar-refractivity contribution in [2.24, 2.45) is 5.92 Å². The third-order valence-electron chi connectivity index (χ3n) is 4.85. The van der Waals surface area contributed by atoms with Crippen LogP contribution in [0, 0.1) is 5.92 Å². The van der Waals surface area contributed by atoms with E-state index in [0.29, 0.717) is 18.8 Å². The lowest BCUT2D eigenvalue weighted by Crippen LogP contribution is -2.34. The summed E-state index contributed by atoms with van der Waals surface area (Å²) in [6.07, 6.45) is 0.251. The van der Waals surface area contributed by atoms with Gasteiger partial charge in [-0.2, -0.15) is 0 Å². The van der Waals surface area contributed by atoms with E-state index in [0.717, 1.165) is 17.0 Å². The molecule has 0 saturated carbocycles. The van der Waals surface area contributed by atoms with Crippen molar-refractivity contribution in [2.75, 3.05) is 25.3 Å². The van der Waals surface area contributed by atoms with Crippen LogP contribution in [0.1, 0.15) is 12.0 Å². The molecular weight excluding hydrogens is 332 g/mol. The Morgan fingerprint density at radius 1 is 1.15 bits per heavy atom. The molecule has 1 fully saturated rings. The van der Waals surface area contributed by atoms with Crippen LogP contribution in [0.2, 0.25) is 0 Å². The first-order valence-corrected chi connectivity index (χ1v) is 8.61. The second-order valence-electron chi connectivity index (χ2n) is 6.60. The van der Waals surface area contributed by atoms with Gasteiger partial charge in [0.05, 0.1) is 5.92 Å². The van der Waals surface area contributed by atoms with Crippen molar-refractivity contribution in [1.29, 1.82) is 0 Å². The van der Waals surface area contributed by atoms with Crippen molar-refractivity contribution in [3.05, 3.63) is 54.1 Å². The first-order valence-electron chi connectivity index (χ1n) is 8.61. The summed E-state index contributed by atoms with van der Waals surface area (Å²) >= 11 is 0. The molecule has 0 bridgehead atoms. The molecule has 1 saturated heterocycles. The fourth-order valence-electron chi connectivity index (χ4n) is 3.40. The highest BCUT2D eigenvalue weighted by atomic mass is 16.7. The van der Waals surface area contributed by atoms with Crippen LogP contribution in [-0.4, -0.2) is 37.1 Å². The molecule has 6 nitrogen and oxygen atoms in total. The highest BCUT2D eigenvalue weighted by Crippen LogP contribution is 2.33. The smallest absolute Gasteiger partial charge is 0.232 e. The summed E-state index contributed by atoms with van der Waals surface area (Å²) in [6, 6.07) is 15.1. The first-order chi connectivity index (χ1) is 12.6. The van der Waals surface area contributed by atoms with Gasteiger partial charge >= 0.3 is 0 Å². The normalized spacial score (nSPS) is 18.3. The summed E-state index contributed by atoms with van der Waals surface area (Å²) in [4.78, 5) is 28.5. The number of fused-ring (bicyclic) bond motifs is 1. The summed E-state index contributed by atoms with van der Waals surface area (Å²) in [5.41, 5.74) is 1.80. The second-order valence-corrected chi connectivity index (χ2v) is 6.60. The average Bonchev–Trinajstić information content (AvgIpc) is 3.28. The number of carbonyl (C=O) groups is 2. The number of benzene rings is 2. The van der Waals surface area contributed by atoms with E-state index in [4.69, 9.17) is 9.47 Å². The lowest BCUT2D eigenvalue weighted by Gasteiger charge is -2.21. The number of anilines is 1. The Morgan fingerprint density at radius 3 is 2.73 bits per heavy atom. The zero-order valence-corrected chi connectivity index (χ0v) is 14.6. The number of hydrogen-bond donors (Lipinski definition) is 0. The number of para-hydroxylation sites is 1. The molecule has 4 rings (SSSR count). The van der Waals surface area contributed by atoms with Gasteiger partial charge in [0.2, 0.25) is 18.6 Å². The van der Waals surface area contributed by atoms with Crippen LogP contribution in [0.5, 0.6) is 11.5 Å². The van der Waals surface area contributed by atoms with E-state index >= 15 is 0 Å². The van der Waals surface area contributed by atoms with Gasteiger partial charge in [0.15, 0.2) is 11.5 Å². The van der Waals surface area contributed by atoms with Gasteiger partial charge in [-0.1, -0.05) is 24.3 Å². The first kappa shape index (κ1) is 16.4. The molecule has 0 spiro atoms. The molecule has 2 aromatic carbocycles. The number of likely N-dealkylation sites (tertiary alicyclic amines) is 1. The van der Waals surface area contributed by atoms with Gasteiger partial charge in [-0.05, 0) is 29.8 Å².